The summed E-state index contributed by atoms with van der Waals surface area (Å²) in [6, 6.07) is 12.8. The van der Waals surface area contributed by atoms with Crippen molar-refractivity contribution in [3.05, 3.63) is 53.1 Å². The minimum absolute atomic E-state index is 0.100. The number of ether oxygens (including phenoxy) is 3. The fourth-order valence-corrected chi connectivity index (χ4v) is 3.01. The van der Waals surface area contributed by atoms with Crippen molar-refractivity contribution in [1.82, 2.24) is 4.90 Å². The smallest absolute Gasteiger partial charge is 0.254 e. The minimum Gasteiger partial charge on any atom is -0.493 e. The molecule has 0 radical (unpaired) electrons. The molecule has 6 nitrogen and oxygen atoms in total. The van der Waals surface area contributed by atoms with Crippen molar-refractivity contribution in [3.8, 4) is 23.3 Å². The summed E-state index contributed by atoms with van der Waals surface area (Å²) in [4.78, 5) is 14.9. The molecule has 1 amide bonds. The summed E-state index contributed by atoms with van der Waals surface area (Å²) in [7, 11) is 1.54. The van der Waals surface area contributed by atoms with E-state index >= 15 is 0 Å². The van der Waals surface area contributed by atoms with Crippen LogP contribution < -0.4 is 14.2 Å². The van der Waals surface area contributed by atoms with Gasteiger partial charge in [0.25, 0.3) is 5.91 Å². The maximum atomic E-state index is 13.1. The van der Waals surface area contributed by atoms with Gasteiger partial charge in [0.05, 0.1) is 18.7 Å². The number of hydrogen-bond acceptors (Lipinski definition) is 5. The van der Waals surface area contributed by atoms with Crippen LogP contribution in [0.1, 0.15) is 34.8 Å². The Hall–Kier alpha value is -3.20. The molecule has 0 aromatic heterocycles. The molecule has 0 bridgehead atoms. The van der Waals surface area contributed by atoms with Gasteiger partial charge >= 0.3 is 0 Å². The third-order valence-corrected chi connectivity index (χ3v) is 4.31. The Balaban J connectivity index is 1.87. The monoisotopic (exact) mass is 366 g/mol. The predicted octanol–water partition coefficient (Wildman–Crippen LogP) is 3.39. The Morgan fingerprint density at radius 2 is 1.96 bits per heavy atom. The maximum absolute atomic E-state index is 13.1. The third-order valence-electron chi connectivity index (χ3n) is 4.31. The van der Waals surface area contributed by atoms with Gasteiger partial charge < -0.3 is 19.1 Å². The first-order valence-electron chi connectivity index (χ1n) is 8.92. The number of carbonyl (C=O) groups excluding carboxylic acids is 1. The molecule has 140 valence electrons. The average Bonchev–Trinajstić information content (AvgIpc) is 2.72. The molecular formula is C21H22N2O4. The zero-order valence-corrected chi connectivity index (χ0v) is 15.5. The fourth-order valence-electron chi connectivity index (χ4n) is 3.01. The van der Waals surface area contributed by atoms with E-state index in [9.17, 15) is 4.79 Å². The van der Waals surface area contributed by atoms with Crippen LogP contribution in [0.5, 0.6) is 17.2 Å². The molecule has 2 aromatic carbocycles. The van der Waals surface area contributed by atoms with Gasteiger partial charge in [0.1, 0.15) is 13.2 Å². The Morgan fingerprint density at radius 1 is 1.22 bits per heavy atom. The summed E-state index contributed by atoms with van der Waals surface area (Å²) >= 11 is 0. The molecule has 1 heterocycles. The summed E-state index contributed by atoms with van der Waals surface area (Å²) in [5.74, 6) is 1.45. The number of benzene rings is 2. The van der Waals surface area contributed by atoms with Crippen LogP contribution in [-0.2, 0) is 6.54 Å². The molecule has 0 unspecified atom stereocenters. The summed E-state index contributed by atoms with van der Waals surface area (Å²) in [6.07, 6.45) is 0.837. The first-order chi connectivity index (χ1) is 13.2. The van der Waals surface area contributed by atoms with Crippen molar-refractivity contribution in [2.75, 3.05) is 26.9 Å². The third kappa shape index (κ3) is 4.14. The normalized spacial score (nSPS) is 12.2. The second-order valence-electron chi connectivity index (χ2n) is 6.24. The van der Waals surface area contributed by atoms with Crippen molar-refractivity contribution < 1.29 is 19.0 Å². The van der Waals surface area contributed by atoms with Crippen LogP contribution in [0.3, 0.4) is 0 Å². The van der Waals surface area contributed by atoms with E-state index in [-0.39, 0.29) is 5.91 Å². The van der Waals surface area contributed by atoms with Gasteiger partial charge in [-0.1, -0.05) is 19.1 Å². The standard InChI is InChI=1S/C21H22N2O4/c1-3-8-23(14-16-6-4-15(13-22)5-7-16)21(24)17-11-18(25-2)20-19(12-17)26-9-10-27-20/h4-7,11-12H,3,8-10,14H2,1-2H3. The molecule has 2 aromatic rings. The average molecular weight is 366 g/mol. The van der Waals surface area contributed by atoms with Crippen molar-refractivity contribution in [3.63, 3.8) is 0 Å². The van der Waals surface area contributed by atoms with Crippen LogP contribution in [0.4, 0.5) is 0 Å². The second-order valence-corrected chi connectivity index (χ2v) is 6.24. The molecule has 0 spiro atoms. The molecule has 1 aliphatic heterocycles. The first-order valence-corrected chi connectivity index (χ1v) is 8.92. The summed E-state index contributed by atoms with van der Waals surface area (Å²) < 4.78 is 16.6. The van der Waals surface area contributed by atoms with Gasteiger partial charge in [0.2, 0.25) is 5.75 Å². The van der Waals surface area contributed by atoms with E-state index in [0.717, 1.165) is 12.0 Å². The molecule has 3 rings (SSSR count). The summed E-state index contributed by atoms with van der Waals surface area (Å²) in [5.41, 5.74) is 2.07. The number of amides is 1. The number of nitrogens with zero attached hydrogens (tertiary/aromatic N) is 2. The Morgan fingerprint density at radius 3 is 2.63 bits per heavy atom. The van der Waals surface area contributed by atoms with Crippen LogP contribution in [0.2, 0.25) is 0 Å². The number of hydrogen-bond donors (Lipinski definition) is 0. The highest BCUT2D eigenvalue weighted by molar-refractivity contribution is 5.95. The second kappa shape index (κ2) is 8.45. The molecule has 6 heteroatoms. The lowest BCUT2D eigenvalue weighted by atomic mass is 10.1. The molecule has 0 N–H and O–H groups in total. The van der Waals surface area contributed by atoms with Crippen LogP contribution in [0, 0.1) is 11.3 Å². The fraction of sp³-hybridized carbons (Fsp3) is 0.333. The van der Waals surface area contributed by atoms with Gasteiger partial charge in [-0.3, -0.25) is 4.79 Å². The lowest BCUT2D eigenvalue weighted by molar-refractivity contribution is 0.0741. The molecular weight excluding hydrogens is 344 g/mol. The van der Waals surface area contributed by atoms with Crippen LogP contribution in [0.15, 0.2) is 36.4 Å². The van der Waals surface area contributed by atoms with E-state index in [0.29, 0.717) is 54.7 Å². The number of carbonyl (C=O) groups is 1. The van der Waals surface area contributed by atoms with E-state index in [2.05, 4.69) is 6.07 Å². The zero-order valence-electron chi connectivity index (χ0n) is 15.5. The van der Waals surface area contributed by atoms with Crippen molar-refractivity contribution in [2.24, 2.45) is 0 Å². The summed E-state index contributed by atoms with van der Waals surface area (Å²) in [5, 5.41) is 8.93. The topological polar surface area (TPSA) is 71.8 Å². The molecule has 0 aliphatic carbocycles. The molecule has 1 aliphatic rings. The van der Waals surface area contributed by atoms with Crippen molar-refractivity contribution in [2.45, 2.75) is 19.9 Å². The maximum Gasteiger partial charge on any atom is 0.254 e. The minimum atomic E-state index is -0.100. The number of fused-ring (bicyclic) bond motifs is 1. The van der Waals surface area contributed by atoms with Crippen LogP contribution >= 0.6 is 0 Å². The van der Waals surface area contributed by atoms with Gasteiger partial charge in [-0.15, -0.1) is 0 Å². The highest BCUT2D eigenvalue weighted by Gasteiger charge is 2.23. The molecule has 0 saturated carbocycles. The largest absolute Gasteiger partial charge is 0.493 e. The van der Waals surface area contributed by atoms with Gasteiger partial charge in [0, 0.05) is 18.7 Å². The quantitative estimate of drug-likeness (QED) is 0.784. The highest BCUT2D eigenvalue weighted by atomic mass is 16.6. The van der Waals surface area contributed by atoms with E-state index in [1.807, 2.05) is 19.1 Å². The molecule has 0 fully saturated rings. The highest BCUT2D eigenvalue weighted by Crippen LogP contribution is 2.40. The lowest BCUT2D eigenvalue weighted by Crippen LogP contribution is -2.31. The summed E-state index contributed by atoms with van der Waals surface area (Å²) in [6.45, 7) is 4.02. The van der Waals surface area contributed by atoms with Crippen LogP contribution in [0.25, 0.3) is 0 Å². The van der Waals surface area contributed by atoms with E-state index in [1.54, 1.807) is 36.3 Å². The number of nitriles is 1. The predicted molar refractivity (Wildman–Crippen MR) is 100 cm³/mol. The SMILES string of the molecule is CCCN(Cc1ccc(C#N)cc1)C(=O)c1cc(OC)c2c(c1)OCCO2. The van der Waals surface area contributed by atoms with Gasteiger partial charge in [-0.2, -0.15) is 5.26 Å². The van der Waals surface area contributed by atoms with E-state index in [1.165, 1.54) is 0 Å². The van der Waals surface area contributed by atoms with Crippen LogP contribution in [-0.4, -0.2) is 37.7 Å². The zero-order chi connectivity index (χ0) is 19.2. The van der Waals surface area contributed by atoms with Gasteiger partial charge in [-0.05, 0) is 36.2 Å². The first kappa shape index (κ1) is 18.6. The van der Waals surface area contributed by atoms with Gasteiger partial charge in [-0.25, -0.2) is 0 Å². The Labute approximate surface area is 158 Å². The molecule has 0 atom stereocenters. The molecule has 27 heavy (non-hydrogen) atoms. The van der Waals surface area contributed by atoms with Crippen molar-refractivity contribution in [1.29, 1.82) is 5.26 Å². The van der Waals surface area contributed by atoms with E-state index in [4.69, 9.17) is 19.5 Å². The van der Waals surface area contributed by atoms with Crippen molar-refractivity contribution >= 4 is 5.91 Å². The number of rotatable bonds is 6. The number of methoxy groups -OCH3 is 1. The Bertz CT molecular complexity index is 838. The van der Waals surface area contributed by atoms with E-state index < -0.39 is 0 Å². The Kier molecular flexibility index (Phi) is 5.82. The van der Waals surface area contributed by atoms with Gasteiger partial charge in [0.15, 0.2) is 11.5 Å². The molecule has 0 saturated heterocycles. The lowest BCUT2D eigenvalue weighted by Gasteiger charge is -2.25.